The van der Waals surface area contributed by atoms with Crippen molar-refractivity contribution in [1.82, 2.24) is 9.88 Å². The zero-order chi connectivity index (χ0) is 23.5. The highest BCUT2D eigenvalue weighted by Gasteiger charge is 2.46. The number of benzene rings is 2. The molecule has 0 saturated carbocycles. The maximum absolute atomic E-state index is 13.2. The Bertz CT molecular complexity index is 1200. The number of hydrogen-bond donors (Lipinski definition) is 1. The number of hydrogen-bond acceptors (Lipinski definition) is 5. The predicted octanol–water partition coefficient (Wildman–Crippen LogP) is 4.84. The summed E-state index contributed by atoms with van der Waals surface area (Å²) < 4.78 is 5.26. The van der Waals surface area contributed by atoms with Crippen molar-refractivity contribution >= 4 is 17.4 Å². The van der Waals surface area contributed by atoms with E-state index in [4.69, 9.17) is 4.74 Å². The number of Topliss-reactive ketones (excluding diaryl/α,β-unsaturated/α-hetero) is 1. The van der Waals surface area contributed by atoms with Gasteiger partial charge in [-0.15, -0.1) is 0 Å². The van der Waals surface area contributed by atoms with E-state index >= 15 is 0 Å². The van der Waals surface area contributed by atoms with Crippen LogP contribution in [0.3, 0.4) is 0 Å². The van der Waals surface area contributed by atoms with Crippen molar-refractivity contribution in [2.75, 3.05) is 7.11 Å². The SMILES string of the molecule is COc1cccc(/C(O)=C2\C(=O)C(=O)N(Cc3cccnc3)[C@@H]2c2ccc(C(C)C)cc2)c1. The molecule has 0 bridgehead atoms. The zero-order valence-electron chi connectivity index (χ0n) is 18.9. The molecule has 6 nitrogen and oxygen atoms in total. The quantitative estimate of drug-likeness (QED) is 0.336. The molecule has 1 aliphatic heterocycles. The second kappa shape index (κ2) is 9.28. The first-order valence-corrected chi connectivity index (χ1v) is 10.8. The number of nitrogens with zero attached hydrogens (tertiary/aromatic N) is 2. The van der Waals surface area contributed by atoms with Gasteiger partial charge in [0.15, 0.2) is 0 Å². The van der Waals surface area contributed by atoms with Gasteiger partial charge in [0.2, 0.25) is 0 Å². The van der Waals surface area contributed by atoms with Gasteiger partial charge in [-0.25, -0.2) is 0 Å². The second-order valence-corrected chi connectivity index (χ2v) is 8.34. The summed E-state index contributed by atoms with van der Waals surface area (Å²) in [5.74, 6) is -0.698. The van der Waals surface area contributed by atoms with E-state index in [9.17, 15) is 14.7 Å². The summed E-state index contributed by atoms with van der Waals surface area (Å²) in [7, 11) is 1.53. The van der Waals surface area contributed by atoms with Crippen LogP contribution in [-0.4, -0.2) is 33.8 Å². The summed E-state index contributed by atoms with van der Waals surface area (Å²) in [6, 6.07) is 17.5. The minimum atomic E-state index is -0.724. The van der Waals surface area contributed by atoms with Crippen LogP contribution >= 0.6 is 0 Å². The predicted molar refractivity (Wildman–Crippen MR) is 126 cm³/mol. The maximum atomic E-state index is 13.2. The summed E-state index contributed by atoms with van der Waals surface area (Å²) >= 11 is 0. The number of likely N-dealkylation sites (tertiary alicyclic amines) is 1. The molecule has 0 spiro atoms. The first-order chi connectivity index (χ1) is 15.9. The molecule has 33 heavy (non-hydrogen) atoms. The molecule has 3 aromatic rings. The van der Waals surface area contributed by atoms with Gasteiger partial charge >= 0.3 is 0 Å². The summed E-state index contributed by atoms with van der Waals surface area (Å²) in [6.45, 7) is 4.41. The van der Waals surface area contributed by atoms with Crippen LogP contribution in [0, 0.1) is 0 Å². The molecule has 1 N–H and O–H groups in total. The van der Waals surface area contributed by atoms with E-state index in [1.165, 1.54) is 12.0 Å². The maximum Gasteiger partial charge on any atom is 0.295 e. The number of aliphatic hydroxyl groups is 1. The molecule has 168 valence electrons. The Hall–Kier alpha value is -3.93. The number of rotatable bonds is 6. The van der Waals surface area contributed by atoms with Crippen molar-refractivity contribution < 1.29 is 19.4 Å². The third-order valence-electron chi connectivity index (χ3n) is 5.88. The number of aromatic nitrogens is 1. The van der Waals surface area contributed by atoms with E-state index < -0.39 is 17.7 Å². The molecular weight excluding hydrogens is 416 g/mol. The summed E-state index contributed by atoms with van der Waals surface area (Å²) in [5.41, 5.74) is 3.18. The fourth-order valence-corrected chi connectivity index (χ4v) is 4.07. The van der Waals surface area contributed by atoms with Gasteiger partial charge in [0.05, 0.1) is 18.7 Å². The van der Waals surface area contributed by atoms with Crippen LogP contribution in [0.5, 0.6) is 5.75 Å². The third-order valence-corrected chi connectivity index (χ3v) is 5.88. The molecule has 1 saturated heterocycles. The fraction of sp³-hybridized carbons (Fsp3) is 0.222. The van der Waals surface area contributed by atoms with Crippen molar-refractivity contribution in [2.45, 2.75) is 32.4 Å². The molecule has 0 radical (unpaired) electrons. The molecule has 1 atom stereocenters. The summed E-state index contributed by atoms with van der Waals surface area (Å²) in [5, 5.41) is 11.2. The smallest absolute Gasteiger partial charge is 0.295 e. The van der Waals surface area contributed by atoms with Crippen LogP contribution in [-0.2, 0) is 16.1 Å². The normalized spacial score (nSPS) is 17.6. The minimum Gasteiger partial charge on any atom is -0.507 e. The second-order valence-electron chi connectivity index (χ2n) is 8.34. The Morgan fingerprint density at radius 2 is 1.85 bits per heavy atom. The summed E-state index contributed by atoms with van der Waals surface area (Å²) in [4.78, 5) is 31.9. The van der Waals surface area contributed by atoms with Crippen LogP contribution in [0.15, 0.2) is 78.6 Å². The number of aliphatic hydroxyl groups excluding tert-OH is 1. The van der Waals surface area contributed by atoms with Crippen LogP contribution in [0.1, 0.15) is 48.1 Å². The first kappa shape index (κ1) is 22.3. The van der Waals surface area contributed by atoms with Crippen molar-refractivity contribution in [3.8, 4) is 5.75 Å². The highest BCUT2D eigenvalue weighted by Crippen LogP contribution is 2.40. The molecule has 4 rings (SSSR count). The standard InChI is InChI=1S/C27H26N2O4/c1-17(2)19-9-11-20(12-10-19)24-23(25(30)21-7-4-8-22(14-21)33-3)26(31)27(32)29(24)16-18-6-5-13-28-15-18/h4-15,17,24,30H,16H2,1-3H3/b25-23+/t24-/m1/s1. The van der Waals surface area contributed by atoms with E-state index in [0.29, 0.717) is 17.2 Å². The van der Waals surface area contributed by atoms with E-state index in [2.05, 4.69) is 18.8 Å². The largest absolute Gasteiger partial charge is 0.507 e. The lowest BCUT2D eigenvalue weighted by atomic mass is 9.93. The Labute approximate surface area is 193 Å². The average Bonchev–Trinajstić information content (AvgIpc) is 3.09. The molecule has 1 amide bonds. The highest BCUT2D eigenvalue weighted by molar-refractivity contribution is 6.46. The average molecular weight is 443 g/mol. The lowest BCUT2D eigenvalue weighted by Crippen LogP contribution is -2.29. The summed E-state index contributed by atoms with van der Waals surface area (Å²) in [6.07, 6.45) is 3.32. The number of carbonyl (C=O) groups excluding carboxylic acids is 2. The van der Waals surface area contributed by atoms with Gasteiger partial charge < -0.3 is 14.7 Å². The van der Waals surface area contributed by atoms with E-state index in [0.717, 1.165) is 16.7 Å². The third kappa shape index (κ3) is 4.37. The Kier molecular flexibility index (Phi) is 6.27. The van der Waals surface area contributed by atoms with Crippen molar-refractivity contribution in [3.63, 3.8) is 0 Å². The fourth-order valence-electron chi connectivity index (χ4n) is 4.07. The number of methoxy groups -OCH3 is 1. The molecule has 6 heteroatoms. The molecule has 1 aromatic heterocycles. The molecule has 2 aromatic carbocycles. The first-order valence-electron chi connectivity index (χ1n) is 10.8. The Morgan fingerprint density at radius 3 is 2.48 bits per heavy atom. The molecule has 0 aliphatic carbocycles. The van der Waals surface area contributed by atoms with Crippen LogP contribution in [0.2, 0.25) is 0 Å². The monoisotopic (exact) mass is 442 g/mol. The lowest BCUT2D eigenvalue weighted by molar-refractivity contribution is -0.140. The van der Waals surface area contributed by atoms with Crippen LogP contribution in [0.4, 0.5) is 0 Å². The van der Waals surface area contributed by atoms with Crippen molar-refractivity contribution in [1.29, 1.82) is 0 Å². The van der Waals surface area contributed by atoms with Gasteiger partial charge in [-0.3, -0.25) is 14.6 Å². The molecular formula is C27H26N2O4. The van der Waals surface area contributed by atoms with Crippen LogP contribution in [0.25, 0.3) is 5.76 Å². The zero-order valence-corrected chi connectivity index (χ0v) is 18.9. The van der Waals surface area contributed by atoms with Gasteiger partial charge in [0, 0.05) is 24.5 Å². The number of carbonyl (C=O) groups is 2. The number of amides is 1. The Morgan fingerprint density at radius 1 is 1.09 bits per heavy atom. The number of ether oxygens (including phenoxy) is 1. The minimum absolute atomic E-state index is 0.0643. The molecule has 1 fully saturated rings. The molecule has 0 unspecified atom stereocenters. The van der Waals surface area contributed by atoms with Gasteiger partial charge in [-0.2, -0.15) is 0 Å². The molecule has 1 aliphatic rings. The van der Waals surface area contributed by atoms with Crippen molar-refractivity contribution in [3.05, 3.63) is 101 Å². The van der Waals surface area contributed by atoms with E-state index in [1.807, 2.05) is 30.3 Å². The topological polar surface area (TPSA) is 79.7 Å². The van der Waals surface area contributed by atoms with E-state index in [1.54, 1.807) is 42.7 Å². The van der Waals surface area contributed by atoms with E-state index in [-0.39, 0.29) is 17.9 Å². The molecule has 2 heterocycles. The van der Waals surface area contributed by atoms with Crippen LogP contribution < -0.4 is 4.74 Å². The highest BCUT2D eigenvalue weighted by atomic mass is 16.5. The van der Waals surface area contributed by atoms with Gasteiger partial charge in [-0.05, 0) is 40.8 Å². The van der Waals surface area contributed by atoms with Gasteiger partial charge in [0.1, 0.15) is 11.5 Å². The number of pyridine rings is 1. The Balaban J connectivity index is 1.85. The number of ketones is 1. The van der Waals surface area contributed by atoms with Crippen molar-refractivity contribution in [2.24, 2.45) is 0 Å². The van der Waals surface area contributed by atoms with Gasteiger partial charge in [-0.1, -0.05) is 56.3 Å². The lowest BCUT2D eigenvalue weighted by Gasteiger charge is -2.25. The van der Waals surface area contributed by atoms with Gasteiger partial charge in [0.25, 0.3) is 11.7 Å².